The van der Waals surface area contributed by atoms with E-state index < -0.39 is 0 Å². The molecule has 0 heterocycles. The Morgan fingerprint density at radius 2 is 1.82 bits per heavy atom. The fraction of sp³-hybridized carbons (Fsp3) is 0.385. The molecule has 0 aromatic heterocycles. The summed E-state index contributed by atoms with van der Waals surface area (Å²) in [6, 6.07) is 7.17. The average molecular weight is 238 g/mol. The van der Waals surface area contributed by atoms with Crippen molar-refractivity contribution in [3.05, 3.63) is 35.4 Å². The predicted molar refractivity (Wildman–Crippen MR) is 70.7 cm³/mol. The second-order valence-corrected chi connectivity index (χ2v) is 4.15. The minimum absolute atomic E-state index is 0. The summed E-state index contributed by atoms with van der Waals surface area (Å²) >= 11 is 0. The van der Waals surface area contributed by atoms with E-state index >= 15 is 0 Å². The van der Waals surface area contributed by atoms with Crippen molar-refractivity contribution in [2.24, 2.45) is 5.92 Å². The van der Waals surface area contributed by atoms with Crippen LogP contribution < -0.4 is 10.6 Å². The Hall–Kier alpha value is -1.84. The molecule has 0 aliphatic carbocycles. The van der Waals surface area contributed by atoms with Crippen LogP contribution in [0.5, 0.6) is 0 Å². The minimum atomic E-state index is -0.109. The zero-order chi connectivity index (χ0) is 12.8. The first-order chi connectivity index (χ1) is 8.04. The Morgan fingerprint density at radius 3 is 2.29 bits per heavy atom. The molecule has 96 valence electrons. The molecule has 0 fully saturated rings. The average Bonchev–Trinajstić information content (AvgIpc) is 2.35. The molecule has 4 nitrogen and oxygen atoms in total. The molecule has 2 N–H and O–H groups in total. The van der Waals surface area contributed by atoms with E-state index in [9.17, 15) is 9.59 Å². The van der Waals surface area contributed by atoms with E-state index in [0.717, 1.165) is 5.56 Å². The summed E-state index contributed by atoms with van der Waals surface area (Å²) in [5.41, 5.74) is 1.60. The topological polar surface area (TPSA) is 58.2 Å². The summed E-state index contributed by atoms with van der Waals surface area (Å²) < 4.78 is 0. The van der Waals surface area contributed by atoms with Crippen LogP contribution in [0, 0.1) is 5.92 Å². The molecule has 0 saturated heterocycles. The molecule has 2 amide bonds. The van der Waals surface area contributed by atoms with Gasteiger partial charge in [0.25, 0.3) is 5.91 Å². The van der Waals surface area contributed by atoms with Crippen molar-refractivity contribution in [2.75, 3.05) is 7.05 Å². The van der Waals surface area contributed by atoms with Gasteiger partial charge in [-0.3, -0.25) is 9.59 Å². The summed E-state index contributed by atoms with van der Waals surface area (Å²) in [4.78, 5) is 22.7. The molecule has 0 unspecified atom stereocenters. The Morgan fingerprint density at radius 1 is 1.24 bits per heavy atom. The van der Waals surface area contributed by atoms with E-state index in [4.69, 9.17) is 0 Å². The monoisotopic (exact) mass is 238 g/mol. The molecule has 0 aliphatic rings. The first-order valence-electron chi connectivity index (χ1n) is 5.63. The molecule has 0 saturated carbocycles. The molecule has 0 atom stereocenters. The second-order valence-electron chi connectivity index (χ2n) is 4.15. The first-order valence-corrected chi connectivity index (χ1v) is 5.63. The van der Waals surface area contributed by atoms with Crippen molar-refractivity contribution >= 4 is 11.8 Å². The molecule has 17 heavy (non-hydrogen) atoms. The Balaban J connectivity index is 0. The number of rotatable bonds is 4. The SMILES string of the molecule is CNC(=O)c1ccc(CNC(=O)C(C)C)cc1.[HH].[HH]. The van der Waals surface area contributed by atoms with Gasteiger partial charge in [0.1, 0.15) is 0 Å². The van der Waals surface area contributed by atoms with Crippen LogP contribution in [0.4, 0.5) is 0 Å². The molecule has 1 aromatic carbocycles. The molecule has 0 spiro atoms. The molecule has 1 aromatic rings. The molecule has 4 heteroatoms. The van der Waals surface area contributed by atoms with Gasteiger partial charge < -0.3 is 10.6 Å². The lowest BCUT2D eigenvalue weighted by atomic mass is 10.1. The number of benzene rings is 1. The van der Waals surface area contributed by atoms with E-state index in [-0.39, 0.29) is 20.6 Å². The summed E-state index contributed by atoms with van der Waals surface area (Å²) in [5.74, 6) is -0.0942. The van der Waals surface area contributed by atoms with Crippen molar-refractivity contribution < 1.29 is 12.4 Å². The van der Waals surface area contributed by atoms with Crippen molar-refractivity contribution in [3.63, 3.8) is 0 Å². The van der Waals surface area contributed by atoms with Gasteiger partial charge in [-0.1, -0.05) is 26.0 Å². The Kier molecular flexibility index (Phi) is 4.69. The van der Waals surface area contributed by atoms with Gasteiger partial charge in [0, 0.05) is 27.9 Å². The molecule has 0 bridgehead atoms. The number of hydrogen-bond donors (Lipinski definition) is 2. The van der Waals surface area contributed by atoms with Crippen LogP contribution in [0.25, 0.3) is 0 Å². The van der Waals surface area contributed by atoms with Gasteiger partial charge in [-0.15, -0.1) is 0 Å². The normalized spacial score (nSPS) is 10.1. The smallest absolute Gasteiger partial charge is 0.251 e. The Labute approximate surface area is 104 Å². The van der Waals surface area contributed by atoms with Crippen LogP contribution in [0.15, 0.2) is 24.3 Å². The van der Waals surface area contributed by atoms with Gasteiger partial charge >= 0.3 is 0 Å². The first kappa shape index (κ1) is 13.2. The maximum absolute atomic E-state index is 11.4. The largest absolute Gasteiger partial charge is 0.355 e. The van der Waals surface area contributed by atoms with E-state index in [1.54, 1.807) is 19.2 Å². The summed E-state index contributed by atoms with van der Waals surface area (Å²) in [7, 11) is 1.60. The lowest BCUT2D eigenvalue weighted by Gasteiger charge is -2.08. The quantitative estimate of drug-likeness (QED) is 0.840. The molecule has 1 rings (SSSR count). The highest BCUT2D eigenvalue weighted by atomic mass is 16.2. The van der Waals surface area contributed by atoms with Crippen LogP contribution in [0.1, 0.15) is 32.6 Å². The summed E-state index contributed by atoms with van der Waals surface area (Å²) in [6.45, 7) is 4.19. The van der Waals surface area contributed by atoms with Crippen molar-refractivity contribution in [3.8, 4) is 0 Å². The van der Waals surface area contributed by atoms with E-state index in [2.05, 4.69) is 10.6 Å². The van der Waals surface area contributed by atoms with E-state index in [0.29, 0.717) is 12.1 Å². The maximum atomic E-state index is 11.4. The molecule has 0 radical (unpaired) electrons. The third-order valence-corrected chi connectivity index (χ3v) is 2.43. The summed E-state index contributed by atoms with van der Waals surface area (Å²) in [5, 5.41) is 5.38. The minimum Gasteiger partial charge on any atom is -0.355 e. The van der Waals surface area contributed by atoms with Crippen LogP contribution >= 0.6 is 0 Å². The van der Waals surface area contributed by atoms with E-state index in [1.165, 1.54) is 0 Å². The Bertz CT molecular complexity index is 406. The predicted octanol–water partition coefficient (Wildman–Crippen LogP) is 1.81. The fourth-order valence-electron chi connectivity index (χ4n) is 1.31. The van der Waals surface area contributed by atoms with Gasteiger partial charge in [-0.2, -0.15) is 0 Å². The van der Waals surface area contributed by atoms with Crippen LogP contribution in [0.2, 0.25) is 0 Å². The maximum Gasteiger partial charge on any atom is 0.251 e. The van der Waals surface area contributed by atoms with Crippen LogP contribution in [0.3, 0.4) is 0 Å². The number of amides is 2. The fourth-order valence-corrected chi connectivity index (χ4v) is 1.31. The highest BCUT2D eigenvalue weighted by molar-refractivity contribution is 5.93. The zero-order valence-electron chi connectivity index (χ0n) is 10.4. The lowest BCUT2D eigenvalue weighted by Crippen LogP contribution is -2.27. The third kappa shape index (κ3) is 3.90. The standard InChI is InChI=1S/C13H18N2O2.2H2/c1-9(2)12(16)15-8-10-4-6-11(7-5-10)13(17)14-3;;/h4-7,9H,8H2,1-3H3,(H,14,17)(H,15,16);2*1H. The van der Waals surface area contributed by atoms with Gasteiger partial charge in [-0.25, -0.2) is 0 Å². The van der Waals surface area contributed by atoms with Crippen LogP contribution in [-0.4, -0.2) is 18.9 Å². The highest BCUT2D eigenvalue weighted by Gasteiger charge is 2.06. The van der Waals surface area contributed by atoms with Crippen molar-refractivity contribution in [2.45, 2.75) is 20.4 Å². The number of carbonyl (C=O) groups excluding carboxylic acids is 2. The van der Waals surface area contributed by atoms with E-state index in [1.807, 2.05) is 26.0 Å². The zero-order valence-corrected chi connectivity index (χ0v) is 10.4. The molecule has 0 aliphatic heterocycles. The molecular weight excluding hydrogens is 216 g/mol. The molecular formula is C13H22N2O2. The highest BCUT2D eigenvalue weighted by Crippen LogP contribution is 2.04. The van der Waals surface area contributed by atoms with Gasteiger partial charge in [0.2, 0.25) is 5.91 Å². The lowest BCUT2D eigenvalue weighted by molar-refractivity contribution is -0.124. The second kappa shape index (κ2) is 6.03. The van der Waals surface area contributed by atoms with Crippen molar-refractivity contribution in [1.29, 1.82) is 0 Å². The number of nitrogens with one attached hydrogen (secondary N) is 2. The third-order valence-electron chi connectivity index (χ3n) is 2.43. The van der Waals surface area contributed by atoms with Crippen molar-refractivity contribution in [1.82, 2.24) is 10.6 Å². The van der Waals surface area contributed by atoms with Gasteiger partial charge in [0.05, 0.1) is 0 Å². The van der Waals surface area contributed by atoms with Gasteiger partial charge in [-0.05, 0) is 17.7 Å². The number of hydrogen-bond acceptors (Lipinski definition) is 2. The number of carbonyl (C=O) groups is 2. The van der Waals surface area contributed by atoms with Crippen LogP contribution in [-0.2, 0) is 11.3 Å². The van der Waals surface area contributed by atoms with Gasteiger partial charge in [0.15, 0.2) is 0 Å². The summed E-state index contributed by atoms with van der Waals surface area (Å²) in [6.07, 6.45) is 0.